The van der Waals surface area contributed by atoms with Crippen LogP contribution in [0.3, 0.4) is 0 Å². The van der Waals surface area contributed by atoms with Crippen molar-refractivity contribution in [3.8, 4) is 0 Å². The van der Waals surface area contributed by atoms with Gasteiger partial charge < -0.3 is 14.9 Å². The molecule has 1 aliphatic carbocycles. The molecule has 112 valence electrons. The SMILES string of the molecule is O=C(O)C1CCN(C(=O)N2CCCC2C2CCCC2)C1. The van der Waals surface area contributed by atoms with Crippen LogP contribution >= 0.6 is 0 Å². The van der Waals surface area contributed by atoms with Crippen molar-refractivity contribution in [3.63, 3.8) is 0 Å². The van der Waals surface area contributed by atoms with E-state index in [1.165, 1.54) is 25.7 Å². The van der Waals surface area contributed by atoms with Gasteiger partial charge in [0.2, 0.25) is 0 Å². The van der Waals surface area contributed by atoms with E-state index in [0.29, 0.717) is 31.5 Å². The number of carboxylic acids is 1. The van der Waals surface area contributed by atoms with Crippen LogP contribution in [0.2, 0.25) is 0 Å². The average Bonchev–Trinajstić information content (AvgIpc) is 3.17. The third-order valence-corrected chi connectivity index (χ3v) is 5.30. The van der Waals surface area contributed by atoms with Crippen molar-refractivity contribution < 1.29 is 14.7 Å². The minimum atomic E-state index is -0.769. The Morgan fingerprint density at radius 3 is 2.35 bits per heavy atom. The van der Waals surface area contributed by atoms with Gasteiger partial charge in [-0.25, -0.2) is 4.79 Å². The number of carbonyl (C=O) groups is 2. The first-order chi connectivity index (χ1) is 9.66. The molecule has 0 radical (unpaired) electrons. The smallest absolute Gasteiger partial charge is 0.320 e. The zero-order valence-electron chi connectivity index (χ0n) is 12.0. The summed E-state index contributed by atoms with van der Waals surface area (Å²) in [6, 6.07) is 0.497. The maximum absolute atomic E-state index is 12.6. The number of rotatable bonds is 2. The standard InChI is InChI=1S/C15H24N2O3/c18-14(19)12-7-9-16(10-12)15(20)17-8-3-6-13(17)11-4-1-2-5-11/h11-13H,1-10H2,(H,18,19). The van der Waals surface area contributed by atoms with Gasteiger partial charge in [0.1, 0.15) is 0 Å². The predicted octanol–water partition coefficient (Wildman–Crippen LogP) is 2.17. The maximum atomic E-state index is 12.6. The molecule has 0 spiro atoms. The molecule has 5 nitrogen and oxygen atoms in total. The van der Waals surface area contributed by atoms with Gasteiger partial charge in [0.25, 0.3) is 0 Å². The van der Waals surface area contributed by atoms with Gasteiger partial charge in [0.05, 0.1) is 5.92 Å². The molecule has 2 heterocycles. The van der Waals surface area contributed by atoms with Crippen LogP contribution in [0.4, 0.5) is 4.79 Å². The third kappa shape index (κ3) is 2.50. The van der Waals surface area contributed by atoms with Gasteiger partial charge in [0, 0.05) is 25.7 Å². The van der Waals surface area contributed by atoms with Gasteiger partial charge in [-0.1, -0.05) is 12.8 Å². The van der Waals surface area contributed by atoms with Crippen molar-refractivity contribution in [2.45, 2.75) is 51.0 Å². The number of urea groups is 1. The Labute approximate surface area is 119 Å². The first-order valence-electron chi connectivity index (χ1n) is 7.95. The Balaban J connectivity index is 1.62. The number of hydrogen-bond donors (Lipinski definition) is 1. The highest BCUT2D eigenvalue weighted by Gasteiger charge is 2.40. The van der Waals surface area contributed by atoms with Crippen molar-refractivity contribution in [3.05, 3.63) is 0 Å². The van der Waals surface area contributed by atoms with E-state index in [4.69, 9.17) is 5.11 Å². The molecule has 2 unspecified atom stereocenters. The third-order valence-electron chi connectivity index (χ3n) is 5.30. The summed E-state index contributed by atoms with van der Waals surface area (Å²) in [4.78, 5) is 27.5. The number of amides is 2. The molecule has 0 aromatic heterocycles. The van der Waals surface area contributed by atoms with Crippen LogP contribution < -0.4 is 0 Å². The van der Waals surface area contributed by atoms with Crippen molar-refractivity contribution in [2.24, 2.45) is 11.8 Å². The molecule has 2 atom stereocenters. The van der Waals surface area contributed by atoms with E-state index in [2.05, 4.69) is 0 Å². The van der Waals surface area contributed by atoms with Gasteiger partial charge in [-0.05, 0) is 38.0 Å². The van der Waals surface area contributed by atoms with Gasteiger partial charge in [-0.3, -0.25) is 4.79 Å². The highest BCUT2D eigenvalue weighted by molar-refractivity contribution is 5.78. The van der Waals surface area contributed by atoms with E-state index in [9.17, 15) is 9.59 Å². The molecule has 0 aromatic rings. The van der Waals surface area contributed by atoms with E-state index in [-0.39, 0.29) is 11.9 Å². The summed E-state index contributed by atoms with van der Waals surface area (Å²) in [5.74, 6) is -0.458. The Morgan fingerprint density at radius 1 is 0.950 bits per heavy atom. The number of carboxylic acid groups (broad SMARTS) is 1. The van der Waals surface area contributed by atoms with Gasteiger partial charge >= 0.3 is 12.0 Å². The highest BCUT2D eigenvalue weighted by Crippen LogP contribution is 2.36. The predicted molar refractivity (Wildman–Crippen MR) is 74.4 cm³/mol. The van der Waals surface area contributed by atoms with Gasteiger partial charge in [-0.15, -0.1) is 0 Å². The molecule has 0 aromatic carbocycles. The zero-order valence-corrected chi connectivity index (χ0v) is 12.0. The quantitative estimate of drug-likeness (QED) is 0.843. The van der Waals surface area contributed by atoms with Gasteiger partial charge in [-0.2, -0.15) is 0 Å². The van der Waals surface area contributed by atoms with Crippen LogP contribution in [0.5, 0.6) is 0 Å². The number of carbonyl (C=O) groups excluding carboxylic acids is 1. The van der Waals surface area contributed by atoms with Crippen LogP contribution in [0, 0.1) is 11.8 Å². The molecule has 2 amide bonds. The second-order valence-electron chi connectivity index (χ2n) is 6.50. The van der Waals surface area contributed by atoms with Crippen molar-refractivity contribution in [1.82, 2.24) is 9.80 Å². The van der Waals surface area contributed by atoms with Crippen molar-refractivity contribution >= 4 is 12.0 Å². The first-order valence-corrected chi connectivity index (χ1v) is 7.95. The Morgan fingerprint density at radius 2 is 1.70 bits per heavy atom. The number of nitrogens with zero attached hydrogens (tertiary/aromatic N) is 2. The topological polar surface area (TPSA) is 60.9 Å². The minimum Gasteiger partial charge on any atom is -0.481 e. The zero-order chi connectivity index (χ0) is 14.1. The lowest BCUT2D eigenvalue weighted by Gasteiger charge is -2.32. The van der Waals surface area contributed by atoms with Crippen molar-refractivity contribution in [1.29, 1.82) is 0 Å². The van der Waals surface area contributed by atoms with Crippen LogP contribution in [0.1, 0.15) is 44.9 Å². The second kappa shape index (κ2) is 5.62. The lowest BCUT2D eigenvalue weighted by Crippen LogP contribution is -2.46. The number of hydrogen-bond acceptors (Lipinski definition) is 2. The number of aliphatic carboxylic acids is 1. The van der Waals surface area contributed by atoms with Gasteiger partial charge in [0.15, 0.2) is 0 Å². The molecule has 3 rings (SSSR count). The maximum Gasteiger partial charge on any atom is 0.320 e. The molecule has 2 aliphatic heterocycles. The Kier molecular flexibility index (Phi) is 3.85. The summed E-state index contributed by atoms with van der Waals surface area (Å²) in [5, 5.41) is 9.05. The second-order valence-corrected chi connectivity index (χ2v) is 6.50. The fourth-order valence-electron chi connectivity index (χ4n) is 4.18. The average molecular weight is 280 g/mol. The summed E-state index contributed by atoms with van der Waals surface area (Å²) in [6.07, 6.45) is 7.94. The lowest BCUT2D eigenvalue weighted by atomic mass is 9.96. The molecular formula is C15H24N2O3. The summed E-state index contributed by atoms with van der Waals surface area (Å²) >= 11 is 0. The lowest BCUT2D eigenvalue weighted by molar-refractivity contribution is -0.141. The minimum absolute atomic E-state index is 0.0863. The monoisotopic (exact) mass is 280 g/mol. The normalized spacial score (nSPS) is 31.2. The van der Waals surface area contributed by atoms with E-state index in [0.717, 1.165) is 19.4 Å². The summed E-state index contributed by atoms with van der Waals surface area (Å²) < 4.78 is 0. The molecule has 3 fully saturated rings. The van der Waals surface area contributed by atoms with Crippen LogP contribution in [-0.2, 0) is 4.79 Å². The molecular weight excluding hydrogens is 256 g/mol. The van der Waals surface area contributed by atoms with E-state index in [1.54, 1.807) is 4.90 Å². The molecule has 0 bridgehead atoms. The molecule has 2 saturated heterocycles. The van der Waals surface area contributed by atoms with E-state index < -0.39 is 5.97 Å². The van der Waals surface area contributed by atoms with Crippen LogP contribution in [0.25, 0.3) is 0 Å². The van der Waals surface area contributed by atoms with Crippen LogP contribution in [0.15, 0.2) is 0 Å². The fraction of sp³-hybridized carbons (Fsp3) is 0.867. The Hall–Kier alpha value is -1.26. The van der Waals surface area contributed by atoms with E-state index in [1.807, 2.05) is 4.90 Å². The van der Waals surface area contributed by atoms with Crippen LogP contribution in [-0.4, -0.2) is 52.6 Å². The molecule has 1 N–H and O–H groups in total. The summed E-state index contributed by atoms with van der Waals surface area (Å²) in [6.45, 7) is 1.85. The molecule has 20 heavy (non-hydrogen) atoms. The molecule has 3 aliphatic rings. The summed E-state index contributed by atoms with van der Waals surface area (Å²) in [7, 11) is 0. The Bertz CT molecular complexity index is 393. The number of likely N-dealkylation sites (tertiary alicyclic amines) is 2. The first kappa shape index (κ1) is 13.7. The molecule has 1 saturated carbocycles. The highest BCUT2D eigenvalue weighted by atomic mass is 16.4. The van der Waals surface area contributed by atoms with Crippen molar-refractivity contribution in [2.75, 3.05) is 19.6 Å². The molecule has 5 heteroatoms. The van der Waals surface area contributed by atoms with E-state index >= 15 is 0 Å². The summed E-state index contributed by atoms with van der Waals surface area (Å²) in [5.41, 5.74) is 0. The largest absolute Gasteiger partial charge is 0.481 e. The fourth-order valence-corrected chi connectivity index (χ4v) is 4.18.